The number of rotatable bonds is 8. The normalized spacial score (nSPS) is 11.7. The predicted molar refractivity (Wildman–Crippen MR) is 119 cm³/mol. The molecule has 3 aromatic rings. The highest BCUT2D eigenvalue weighted by atomic mass is 32.2. The number of aromatic nitrogens is 2. The smallest absolute Gasteiger partial charge is 0.233 e. The topological polar surface area (TPSA) is 76.1 Å². The van der Waals surface area contributed by atoms with Crippen molar-refractivity contribution in [2.75, 3.05) is 12.4 Å². The Hall–Kier alpha value is -2.58. The van der Waals surface area contributed by atoms with Crippen LogP contribution in [0.5, 0.6) is 5.75 Å². The zero-order chi connectivity index (χ0) is 20.8. The summed E-state index contributed by atoms with van der Waals surface area (Å²) in [6, 6.07) is 13.8. The van der Waals surface area contributed by atoms with Gasteiger partial charge >= 0.3 is 0 Å². The fraction of sp³-hybridized carbons (Fsp3) is 0.286. The molecule has 152 valence electrons. The zero-order valence-electron chi connectivity index (χ0n) is 16.9. The third kappa shape index (κ3) is 5.48. The first-order valence-corrected chi connectivity index (χ1v) is 10.9. The Kier molecular flexibility index (Phi) is 7.11. The van der Waals surface area contributed by atoms with Crippen molar-refractivity contribution < 1.29 is 9.53 Å². The number of hydrogen-bond acceptors (Lipinski definition) is 7. The zero-order valence-corrected chi connectivity index (χ0v) is 18.5. The van der Waals surface area contributed by atoms with Gasteiger partial charge in [-0.1, -0.05) is 53.4 Å². The fourth-order valence-corrected chi connectivity index (χ4v) is 4.62. The molecule has 0 bridgehead atoms. The van der Waals surface area contributed by atoms with Crippen LogP contribution in [0.3, 0.4) is 0 Å². The molecule has 2 N–H and O–H groups in total. The summed E-state index contributed by atoms with van der Waals surface area (Å²) in [6.07, 6.45) is 0. The molecular formula is C21H24N4O2S2. The molecule has 1 amide bonds. The van der Waals surface area contributed by atoms with Gasteiger partial charge in [-0.05, 0) is 44.0 Å². The highest BCUT2D eigenvalue weighted by Gasteiger charge is 2.18. The maximum absolute atomic E-state index is 12.5. The van der Waals surface area contributed by atoms with Gasteiger partial charge in [-0.3, -0.25) is 4.79 Å². The van der Waals surface area contributed by atoms with Crippen LogP contribution in [0.1, 0.15) is 23.6 Å². The minimum Gasteiger partial charge on any atom is -0.496 e. The van der Waals surface area contributed by atoms with Crippen LogP contribution in [0.25, 0.3) is 0 Å². The van der Waals surface area contributed by atoms with Gasteiger partial charge in [0, 0.05) is 17.8 Å². The van der Waals surface area contributed by atoms with Gasteiger partial charge in [0.15, 0.2) is 4.34 Å². The molecule has 8 heteroatoms. The van der Waals surface area contributed by atoms with E-state index in [-0.39, 0.29) is 11.2 Å². The van der Waals surface area contributed by atoms with Crippen LogP contribution < -0.4 is 15.4 Å². The number of carbonyl (C=O) groups excluding carboxylic acids is 1. The van der Waals surface area contributed by atoms with Crippen LogP contribution in [-0.4, -0.2) is 28.5 Å². The third-order valence-corrected chi connectivity index (χ3v) is 6.57. The first kappa shape index (κ1) is 21.1. The van der Waals surface area contributed by atoms with Gasteiger partial charge in [0.2, 0.25) is 11.0 Å². The summed E-state index contributed by atoms with van der Waals surface area (Å²) in [6.45, 7) is 6.43. The predicted octanol–water partition coefficient (Wildman–Crippen LogP) is 4.70. The van der Waals surface area contributed by atoms with Crippen molar-refractivity contribution in [1.29, 1.82) is 0 Å². The summed E-state index contributed by atoms with van der Waals surface area (Å²) >= 11 is 2.84. The second kappa shape index (κ2) is 9.76. The molecule has 0 aliphatic rings. The van der Waals surface area contributed by atoms with E-state index >= 15 is 0 Å². The quantitative estimate of drug-likeness (QED) is 0.506. The van der Waals surface area contributed by atoms with Gasteiger partial charge in [-0.2, -0.15) is 0 Å². The standard InChI is InChI=1S/C21H24N4O2S2/c1-13-8-7-10-17(14(13)2)23-20-24-25-21(29-20)28-15(3)19(26)22-12-16-9-5-6-11-18(16)27-4/h5-11,15H,12H2,1-4H3,(H,22,26)(H,23,24). The van der Waals surface area contributed by atoms with Crippen LogP contribution in [0, 0.1) is 13.8 Å². The molecule has 6 nitrogen and oxygen atoms in total. The van der Waals surface area contributed by atoms with Crippen molar-refractivity contribution in [3.8, 4) is 5.75 Å². The highest BCUT2D eigenvalue weighted by molar-refractivity contribution is 8.02. The van der Waals surface area contributed by atoms with Crippen molar-refractivity contribution >= 4 is 39.8 Å². The number of ether oxygens (including phenoxy) is 1. The average molecular weight is 429 g/mol. The monoisotopic (exact) mass is 428 g/mol. The van der Waals surface area contributed by atoms with E-state index in [1.54, 1.807) is 7.11 Å². The molecule has 0 saturated carbocycles. The van der Waals surface area contributed by atoms with E-state index in [4.69, 9.17) is 4.74 Å². The number of para-hydroxylation sites is 1. The lowest BCUT2D eigenvalue weighted by atomic mass is 10.1. The number of hydrogen-bond donors (Lipinski definition) is 2. The summed E-state index contributed by atoms with van der Waals surface area (Å²) in [5, 5.41) is 15.1. The molecule has 0 saturated heterocycles. The molecule has 2 aromatic carbocycles. The van der Waals surface area contributed by atoms with Gasteiger partial charge in [0.25, 0.3) is 0 Å². The molecule has 0 aliphatic carbocycles. The van der Waals surface area contributed by atoms with E-state index in [2.05, 4.69) is 40.7 Å². The Morgan fingerprint density at radius 2 is 1.97 bits per heavy atom. The van der Waals surface area contributed by atoms with Crippen molar-refractivity contribution in [3.05, 3.63) is 59.2 Å². The molecule has 1 unspecified atom stereocenters. The van der Waals surface area contributed by atoms with Crippen molar-refractivity contribution in [3.63, 3.8) is 0 Å². The lowest BCUT2D eigenvalue weighted by Crippen LogP contribution is -2.30. The minimum absolute atomic E-state index is 0.0554. The molecule has 29 heavy (non-hydrogen) atoms. The van der Waals surface area contributed by atoms with Gasteiger partial charge in [-0.25, -0.2) is 0 Å². The van der Waals surface area contributed by atoms with E-state index < -0.39 is 0 Å². The Labute approximate surface area is 179 Å². The van der Waals surface area contributed by atoms with Gasteiger partial charge < -0.3 is 15.4 Å². The summed E-state index contributed by atoms with van der Waals surface area (Å²) in [5.41, 5.74) is 4.35. The van der Waals surface area contributed by atoms with Crippen LogP contribution in [0.15, 0.2) is 46.8 Å². The summed E-state index contributed by atoms with van der Waals surface area (Å²) in [4.78, 5) is 12.5. The number of aryl methyl sites for hydroxylation is 1. The number of carbonyl (C=O) groups is 1. The molecule has 0 radical (unpaired) electrons. The maximum atomic E-state index is 12.5. The van der Waals surface area contributed by atoms with Gasteiger partial charge in [-0.15, -0.1) is 10.2 Å². The lowest BCUT2D eigenvalue weighted by Gasteiger charge is -2.12. The SMILES string of the molecule is COc1ccccc1CNC(=O)C(C)Sc1nnc(Nc2cccc(C)c2C)s1. The molecule has 3 rings (SSSR count). The van der Waals surface area contributed by atoms with Gasteiger partial charge in [0.1, 0.15) is 5.75 Å². The molecule has 1 aromatic heterocycles. The van der Waals surface area contributed by atoms with E-state index in [1.807, 2.05) is 43.3 Å². The Morgan fingerprint density at radius 1 is 1.17 bits per heavy atom. The molecular weight excluding hydrogens is 404 g/mol. The molecule has 0 fully saturated rings. The van der Waals surface area contributed by atoms with E-state index in [1.165, 1.54) is 34.2 Å². The third-order valence-electron chi connectivity index (χ3n) is 4.55. The van der Waals surface area contributed by atoms with E-state index in [9.17, 15) is 4.79 Å². The number of thioether (sulfide) groups is 1. The molecule has 0 aliphatic heterocycles. The Morgan fingerprint density at radius 3 is 2.76 bits per heavy atom. The van der Waals surface area contributed by atoms with Crippen LogP contribution in [0.2, 0.25) is 0 Å². The Balaban J connectivity index is 1.56. The number of amides is 1. The van der Waals surface area contributed by atoms with Crippen LogP contribution in [0.4, 0.5) is 10.8 Å². The maximum Gasteiger partial charge on any atom is 0.233 e. The first-order chi connectivity index (χ1) is 14.0. The van der Waals surface area contributed by atoms with Crippen LogP contribution >= 0.6 is 23.1 Å². The van der Waals surface area contributed by atoms with Crippen molar-refractivity contribution in [2.24, 2.45) is 0 Å². The number of nitrogens with zero attached hydrogens (tertiary/aromatic N) is 2. The second-order valence-corrected chi connectivity index (χ2v) is 9.10. The first-order valence-electron chi connectivity index (χ1n) is 9.21. The van der Waals surface area contributed by atoms with Crippen LogP contribution in [-0.2, 0) is 11.3 Å². The second-order valence-electron chi connectivity index (χ2n) is 6.54. The highest BCUT2D eigenvalue weighted by Crippen LogP contribution is 2.31. The average Bonchev–Trinajstić information content (AvgIpc) is 3.16. The Bertz CT molecular complexity index is 990. The molecule has 1 heterocycles. The number of benzene rings is 2. The van der Waals surface area contributed by atoms with Crippen molar-refractivity contribution in [2.45, 2.75) is 36.9 Å². The summed E-state index contributed by atoms with van der Waals surface area (Å²) < 4.78 is 6.07. The lowest BCUT2D eigenvalue weighted by molar-refractivity contribution is -0.120. The largest absolute Gasteiger partial charge is 0.496 e. The van der Waals surface area contributed by atoms with E-state index in [0.29, 0.717) is 11.7 Å². The van der Waals surface area contributed by atoms with Gasteiger partial charge in [0.05, 0.1) is 12.4 Å². The fourth-order valence-electron chi connectivity index (χ4n) is 2.69. The molecule has 1 atom stereocenters. The summed E-state index contributed by atoms with van der Waals surface area (Å²) in [7, 11) is 1.62. The minimum atomic E-state index is -0.286. The van der Waals surface area contributed by atoms with Crippen molar-refractivity contribution in [1.82, 2.24) is 15.5 Å². The number of methoxy groups -OCH3 is 1. The summed E-state index contributed by atoms with van der Waals surface area (Å²) in [5.74, 6) is 0.708. The number of nitrogens with one attached hydrogen (secondary N) is 2. The number of anilines is 2. The van der Waals surface area contributed by atoms with E-state index in [0.717, 1.165) is 21.3 Å². The molecule has 0 spiro atoms.